The van der Waals surface area contributed by atoms with Gasteiger partial charge in [0, 0.05) is 43.1 Å². The molecule has 3 rings (SSSR count). The summed E-state index contributed by atoms with van der Waals surface area (Å²) < 4.78 is 5.03. The summed E-state index contributed by atoms with van der Waals surface area (Å²) in [5, 5.41) is 3.88. The van der Waals surface area contributed by atoms with Crippen molar-refractivity contribution >= 4 is 35.1 Å². The van der Waals surface area contributed by atoms with Gasteiger partial charge in [-0.25, -0.2) is 9.78 Å². The van der Waals surface area contributed by atoms with E-state index in [0.29, 0.717) is 49.6 Å². The summed E-state index contributed by atoms with van der Waals surface area (Å²) in [5.74, 6) is 1.33. The van der Waals surface area contributed by atoms with Crippen molar-refractivity contribution in [2.75, 3.05) is 43.0 Å². The van der Waals surface area contributed by atoms with Crippen LogP contribution in [-0.2, 0) is 4.74 Å². The van der Waals surface area contributed by atoms with Crippen LogP contribution in [0.3, 0.4) is 0 Å². The molecule has 0 aliphatic carbocycles. The Balaban J connectivity index is 1.63. The van der Waals surface area contributed by atoms with Gasteiger partial charge in [0.2, 0.25) is 5.95 Å². The molecule has 0 saturated carbocycles. The van der Waals surface area contributed by atoms with Gasteiger partial charge in [-0.3, -0.25) is 0 Å². The van der Waals surface area contributed by atoms with E-state index in [-0.39, 0.29) is 6.09 Å². The molecule has 1 aliphatic rings. The number of hydrogen-bond donors (Lipinski definition) is 1. The highest BCUT2D eigenvalue weighted by molar-refractivity contribution is 6.30. The number of piperazine rings is 1. The first-order valence-corrected chi connectivity index (χ1v) is 8.56. The summed E-state index contributed by atoms with van der Waals surface area (Å²) in [5.41, 5.74) is 0.865. The first-order valence-electron chi connectivity index (χ1n) is 8.18. The lowest BCUT2D eigenvalue weighted by atomic mass is 10.3. The van der Waals surface area contributed by atoms with Gasteiger partial charge in [-0.1, -0.05) is 17.7 Å². The third-order valence-electron chi connectivity index (χ3n) is 3.83. The van der Waals surface area contributed by atoms with Crippen molar-refractivity contribution in [3.05, 3.63) is 41.6 Å². The lowest BCUT2D eigenvalue weighted by Crippen LogP contribution is -2.49. The number of ether oxygens (including phenoxy) is 1. The molecule has 8 heteroatoms. The van der Waals surface area contributed by atoms with Gasteiger partial charge in [0.25, 0.3) is 0 Å². The van der Waals surface area contributed by atoms with Crippen molar-refractivity contribution in [2.24, 2.45) is 0 Å². The molecule has 0 radical (unpaired) electrons. The molecule has 2 heterocycles. The molecule has 25 heavy (non-hydrogen) atoms. The van der Waals surface area contributed by atoms with Crippen LogP contribution in [0.2, 0.25) is 5.02 Å². The molecule has 1 aliphatic heterocycles. The van der Waals surface area contributed by atoms with Crippen LogP contribution in [-0.4, -0.2) is 53.7 Å². The van der Waals surface area contributed by atoms with E-state index < -0.39 is 0 Å². The molecule has 132 valence electrons. The van der Waals surface area contributed by atoms with Crippen LogP contribution >= 0.6 is 11.6 Å². The van der Waals surface area contributed by atoms with Gasteiger partial charge in [0.15, 0.2) is 0 Å². The van der Waals surface area contributed by atoms with Gasteiger partial charge >= 0.3 is 6.09 Å². The Hall–Kier alpha value is -2.54. The highest BCUT2D eigenvalue weighted by atomic mass is 35.5. The van der Waals surface area contributed by atoms with Crippen LogP contribution in [0.5, 0.6) is 0 Å². The van der Waals surface area contributed by atoms with Crippen LogP contribution < -0.4 is 10.2 Å². The normalized spacial score (nSPS) is 14.3. The van der Waals surface area contributed by atoms with E-state index in [1.54, 1.807) is 24.1 Å². The van der Waals surface area contributed by atoms with Crippen molar-refractivity contribution in [3.63, 3.8) is 0 Å². The fourth-order valence-electron chi connectivity index (χ4n) is 2.59. The Morgan fingerprint density at radius 2 is 2.08 bits per heavy atom. The number of carbonyl (C=O) groups is 1. The summed E-state index contributed by atoms with van der Waals surface area (Å²) in [6.07, 6.45) is 1.45. The molecule has 1 amide bonds. The van der Waals surface area contributed by atoms with Gasteiger partial charge in [0.1, 0.15) is 5.82 Å². The highest BCUT2D eigenvalue weighted by Gasteiger charge is 2.23. The second-order valence-electron chi connectivity index (χ2n) is 5.55. The van der Waals surface area contributed by atoms with Gasteiger partial charge in [-0.2, -0.15) is 4.98 Å². The third kappa shape index (κ3) is 4.51. The standard InChI is InChI=1S/C17H20ClN5O2/c1-2-25-17(24)23-10-8-22(9-11-23)16-19-7-6-15(21-16)20-14-5-3-4-13(18)12-14/h3-7,12H,2,8-11H2,1H3,(H,19,20,21). The van der Waals surface area contributed by atoms with E-state index in [0.717, 1.165) is 5.69 Å². The Bertz CT molecular complexity index is 734. The SMILES string of the molecule is CCOC(=O)N1CCN(c2nccc(Nc3cccc(Cl)c3)n2)CC1. The minimum atomic E-state index is -0.264. The van der Waals surface area contributed by atoms with Gasteiger partial charge in [-0.05, 0) is 31.2 Å². The van der Waals surface area contributed by atoms with Crippen LogP contribution in [0.1, 0.15) is 6.92 Å². The fourth-order valence-corrected chi connectivity index (χ4v) is 2.78. The van der Waals surface area contributed by atoms with E-state index >= 15 is 0 Å². The fraction of sp³-hybridized carbons (Fsp3) is 0.353. The Labute approximate surface area is 151 Å². The lowest BCUT2D eigenvalue weighted by molar-refractivity contribution is 0.105. The largest absolute Gasteiger partial charge is 0.450 e. The summed E-state index contributed by atoms with van der Waals surface area (Å²) >= 11 is 6.00. The molecular weight excluding hydrogens is 342 g/mol. The van der Waals surface area contributed by atoms with Crippen molar-refractivity contribution in [1.29, 1.82) is 0 Å². The number of nitrogens with zero attached hydrogens (tertiary/aromatic N) is 4. The minimum absolute atomic E-state index is 0.264. The summed E-state index contributed by atoms with van der Waals surface area (Å²) in [7, 11) is 0. The zero-order valence-corrected chi connectivity index (χ0v) is 14.7. The topological polar surface area (TPSA) is 70.6 Å². The van der Waals surface area contributed by atoms with E-state index in [1.165, 1.54) is 0 Å². The first-order chi connectivity index (χ1) is 12.2. The van der Waals surface area contributed by atoms with Crippen molar-refractivity contribution in [1.82, 2.24) is 14.9 Å². The summed E-state index contributed by atoms with van der Waals surface area (Å²) in [6, 6.07) is 9.26. The zero-order valence-electron chi connectivity index (χ0n) is 14.0. The van der Waals surface area contributed by atoms with E-state index in [2.05, 4.69) is 20.2 Å². The maximum atomic E-state index is 11.8. The number of halogens is 1. The third-order valence-corrected chi connectivity index (χ3v) is 4.06. The molecule has 2 aromatic rings. The Morgan fingerprint density at radius 1 is 1.28 bits per heavy atom. The van der Waals surface area contributed by atoms with Crippen LogP contribution in [0, 0.1) is 0 Å². The number of benzene rings is 1. The van der Waals surface area contributed by atoms with E-state index in [9.17, 15) is 4.79 Å². The number of anilines is 3. The second-order valence-corrected chi connectivity index (χ2v) is 5.99. The number of carbonyl (C=O) groups excluding carboxylic acids is 1. The monoisotopic (exact) mass is 361 g/mol. The number of amides is 1. The zero-order chi connectivity index (χ0) is 17.6. The highest BCUT2D eigenvalue weighted by Crippen LogP contribution is 2.20. The molecule has 7 nitrogen and oxygen atoms in total. The number of hydrogen-bond acceptors (Lipinski definition) is 6. The smallest absolute Gasteiger partial charge is 0.409 e. The Morgan fingerprint density at radius 3 is 2.80 bits per heavy atom. The quantitative estimate of drug-likeness (QED) is 0.902. The Kier molecular flexibility index (Phi) is 5.55. The van der Waals surface area contributed by atoms with Crippen molar-refractivity contribution in [2.45, 2.75) is 6.92 Å². The molecule has 1 saturated heterocycles. The van der Waals surface area contributed by atoms with E-state index in [4.69, 9.17) is 16.3 Å². The van der Waals surface area contributed by atoms with Crippen LogP contribution in [0.15, 0.2) is 36.5 Å². The maximum absolute atomic E-state index is 11.8. The van der Waals surface area contributed by atoms with Crippen LogP contribution in [0.25, 0.3) is 0 Å². The molecule has 1 aromatic carbocycles. The summed E-state index contributed by atoms with van der Waals surface area (Å²) in [4.78, 5) is 24.4. The lowest BCUT2D eigenvalue weighted by Gasteiger charge is -2.34. The molecule has 1 fully saturated rings. The molecule has 0 bridgehead atoms. The number of aromatic nitrogens is 2. The van der Waals surface area contributed by atoms with Crippen LogP contribution in [0.4, 0.5) is 22.2 Å². The van der Waals surface area contributed by atoms with Crippen molar-refractivity contribution in [3.8, 4) is 0 Å². The molecule has 0 unspecified atom stereocenters. The minimum Gasteiger partial charge on any atom is -0.450 e. The average molecular weight is 362 g/mol. The number of rotatable bonds is 4. The average Bonchev–Trinajstić information content (AvgIpc) is 2.62. The maximum Gasteiger partial charge on any atom is 0.409 e. The molecule has 1 aromatic heterocycles. The van der Waals surface area contributed by atoms with Crippen molar-refractivity contribution < 1.29 is 9.53 Å². The second kappa shape index (κ2) is 8.02. The van der Waals surface area contributed by atoms with Gasteiger partial charge in [0.05, 0.1) is 6.61 Å². The number of nitrogens with one attached hydrogen (secondary N) is 1. The predicted molar refractivity (Wildman–Crippen MR) is 97.6 cm³/mol. The van der Waals surface area contributed by atoms with Gasteiger partial charge in [-0.15, -0.1) is 0 Å². The predicted octanol–water partition coefficient (Wildman–Crippen LogP) is 3.15. The molecule has 0 spiro atoms. The first kappa shape index (κ1) is 17.3. The molecule has 1 N–H and O–H groups in total. The molecular formula is C17H20ClN5O2. The molecule has 0 atom stereocenters. The summed E-state index contributed by atoms with van der Waals surface area (Å²) in [6.45, 7) is 4.71. The van der Waals surface area contributed by atoms with E-state index in [1.807, 2.05) is 24.3 Å². The van der Waals surface area contributed by atoms with Gasteiger partial charge < -0.3 is 19.9 Å².